The second-order valence-electron chi connectivity index (χ2n) is 8.40. The zero-order chi connectivity index (χ0) is 20.5. The van der Waals surface area contributed by atoms with Gasteiger partial charge in [-0.25, -0.2) is 0 Å². The van der Waals surface area contributed by atoms with Crippen molar-refractivity contribution in [2.45, 2.75) is 44.8 Å². The van der Waals surface area contributed by atoms with Crippen LogP contribution in [0, 0.1) is 6.92 Å². The fourth-order valence-corrected chi connectivity index (χ4v) is 4.83. The lowest BCUT2D eigenvalue weighted by atomic mass is 9.86. The molecule has 2 fully saturated rings. The summed E-state index contributed by atoms with van der Waals surface area (Å²) >= 11 is 0. The molecule has 0 spiro atoms. The Morgan fingerprint density at radius 3 is 2.77 bits per heavy atom. The maximum atomic E-state index is 12.8. The number of benzene rings is 1. The summed E-state index contributed by atoms with van der Waals surface area (Å²) in [7, 11) is 0. The fourth-order valence-electron chi connectivity index (χ4n) is 4.83. The summed E-state index contributed by atoms with van der Waals surface area (Å²) < 4.78 is 24.5. The predicted molar refractivity (Wildman–Crippen MR) is 113 cm³/mol. The minimum absolute atomic E-state index is 0.00873. The van der Waals surface area contributed by atoms with E-state index < -0.39 is 0 Å². The maximum Gasteiger partial charge on any atom is 0.254 e. The molecular weight excluding hydrogens is 382 g/mol. The highest BCUT2D eigenvalue weighted by Crippen LogP contribution is 2.37. The van der Waals surface area contributed by atoms with Gasteiger partial charge in [0, 0.05) is 37.0 Å². The third-order valence-electron chi connectivity index (χ3n) is 6.51. The van der Waals surface area contributed by atoms with Crippen LogP contribution in [0.1, 0.15) is 35.4 Å². The first-order chi connectivity index (χ1) is 14.7. The summed E-state index contributed by atoms with van der Waals surface area (Å²) in [5, 5.41) is 0. The van der Waals surface area contributed by atoms with Gasteiger partial charge in [-0.15, -0.1) is 0 Å². The van der Waals surface area contributed by atoms with Crippen LogP contribution >= 0.6 is 0 Å². The molecule has 2 aromatic rings. The number of rotatable bonds is 4. The Morgan fingerprint density at radius 1 is 1.10 bits per heavy atom. The third-order valence-corrected chi connectivity index (χ3v) is 6.51. The first kappa shape index (κ1) is 19.8. The zero-order valence-electron chi connectivity index (χ0n) is 17.5. The van der Waals surface area contributed by atoms with Gasteiger partial charge in [-0.3, -0.25) is 4.79 Å². The Hall–Kier alpha value is -2.15. The lowest BCUT2D eigenvalue weighted by molar-refractivity contribution is -0.101. The highest BCUT2D eigenvalue weighted by molar-refractivity contribution is 5.71. The highest BCUT2D eigenvalue weighted by atomic mass is 16.6. The van der Waals surface area contributed by atoms with E-state index >= 15 is 0 Å². The summed E-state index contributed by atoms with van der Waals surface area (Å²) in [5.41, 5.74) is 5.85. The lowest BCUT2D eigenvalue weighted by Gasteiger charge is -2.28. The van der Waals surface area contributed by atoms with E-state index in [1.807, 2.05) is 11.5 Å². The molecule has 0 aliphatic carbocycles. The van der Waals surface area contributed by atoms with Gasteiger partial charge in [-0.2, -0.15) is 0 Å². The summed E-state index contributed by atoms with van der Waals surface area (Å²) in [4.78, 5) is 12.8. The van der Waals surface area contributed by atoms with E-state index in [4.69, 9.17) is 18.9 Å². The molecule has 0 N–H and O–H groups in total. The Labute approximate surface area is 176 Å². The molecule has 0 amide bonds. The minimum Gasteiger partial charge on any atom is -0.490 e. The van der Waals surface area contributed by atoms with Crippen molar-refractivity contribution >= 4 is 0 Å². The average Bonchev–Trinajstić information content (AvgIpc) is 2.80. The van der Waals surface area contributed by atoms with Gasteiger partial charge < -0.3 is 23.5 Å². The molecule has 2 saturated heterocycles. The number of fused-ring (bicyclic) bond motifs is 3. The zero-order valence-corrected chi connectivity index (χ0v) is 17.5. The molecule has 30 heavy (non-hydrogen) atoms. The van der Waals surface area contributed by atoms with Gasteiger partial charge in [0.05, 0.1) is 25.5 Å². The number of pyridine rings is 1. The number of aryl methyl sites for hydroxylation is 1. The molecule has 4 heterocycles. The normalized spacial score (nSPS) is 21.7. The molecule has 1 unspecified atom stereocenters. The van der Waals surface area contributed by atoms with Gasteiger partial charge in [0.25, 0.3) is 5.56 Å². The molecule has 0 bridgehead atoms. The number of hydrogen-bond acceptors (Lipinski definition) is 5. The van der Waals surface area contributed by atoms with Gasteiger partial charge in [-0.1, -0.05) is 18.2 Å². The second-order valence-corrected chi connectivity index (χ2v) is 8.40. The molecule has 3 aliphatic rings. The molecule has 5 rings (SSSR count). The van der Waals surface area contributed by atoms with Crippen LogP contribution in [0.15, 0.2) is 29.1 Å². The third kappa shape index (κ3) is 3.80. The van der Waals surface area contributed by atoms with Crippen LogP contribution < -0.4 is 10.3 Å². The molecule has 160 valence electrons. The topological polar surface area (TPSA) is 58.9 Å². The predicted octanol–water partition coefficient (Wildman–Crippen LogP) is 3.07. The summed E-state index contributed by atoms with van der Waals surface area (Å²) in [6, 6.07) is 8.39. The Kier molecular flexibility index (Phi) is 5.63. The molecule has 1 atom stereocenters. The summed E-state index contributed by atoms with van der Waals surface area (Å²) in [5.74, 6) is 1.21. The standard InChI is InChI=1S/C24H29NO5/c1-16-22(30-15-20-14-28-10-11-29-20)13-23(26)25-7-4-19-12-18(2-3-21(19)24(16)25)17-5-8-27-9-6-17/h2-3,12-13,17,20H,4-11,14-15H2,1H3. The molecule has 3 aliphatic heterocycles. The monoisotopic (exact) mass is 411 g/mol. The molecule has 6 heteroatoms. The van der Waals surface area contributed by atoms with Crippen LogP contribution in [0.4, 0.5) is 0 Å². The van der Waals surface area contributed by atoms with Crippen LogP contribution in [0.2, 0.25) is 0 Å². The van der Waals surface area contributed by atoms with Crippen LogP contribution in [-0.2, 0) is 27.2 Å². The summed E-state index contributed by atoms with van der Waals surface area (Å²) in [6.45, 7) is 6.57. The van der Waals surface area contributed by atoms with Crippen LogP contribution in [0.3, 0.4) is 0 Å². The Morgan fingerprint density at radius 2 is 1.97 bits per heavy atom. The number of aromatic nitrogens is 1. The van der Waals surface area contributed by atoms with Gasteiger partial charge in [0.1, 0.15) is 18.5 Å². The van der Waals surface area contributed by atoms with Gasteiger partial charge in [0.15, 0.2) is 0 Å². The average molecular weight is 411 g/mol. The van der Waals surface area contributed by atoms with E-state index in [1.165, 1.54) is 11.1 Å². The second kappa shape index (κ2) is 8.53. The SMILES string of the molecule is Cc1c(OCC2COCCO2)cc(=O)n2c1-c1ccc(C3CCOCC3)cc1CC2. The van der Waals surface area contributed by atoms with E-state index in [9.17, 15) is 4.79 Å². The fraction of sp³-hybridized carbons (Fsp3) is 0.542. The number of ether oxygens (including phenoxy) is 4. The molecule has 0 radical (unpaired) electrons. The van der Waals surface area contributed by atoms with Crippen LogP contribution in [0.25, 0.3) is 11.3 Å². The van der Waals surface area contributed by atoms with Crippen molar-refractivity contribution in [3.8, 4) is 17.0 Å². The maximum absolute atomic E-state index is 12.8. The number of hydrogen-bond donors (Lipinski definition) is 0. The quantitative estimate of drug-likeness (QED) is 0.774. The Balaban J connectivity index is 1.45. The summed E-state index contributed by atoms with van der Waals surface area (Å²) in [6.07, 6.45) is 2.95. The van der Waals surface area contributed by atoms with Gasteiger partial charge in [0.2, 0.25) is 0 Å². The van der Waals surface area contributed by atoms with Gasteiger partial charge in [-0.05, 0) is 43.2 Å². The van der Waals surface area contributed by atoms with Crippen LogP contribution in [-0.4, -0.2) is 50.3 Å². The first-order valence-corrected chi connectivity index (χ1v) is 11.0. The molecule has 6 nitrogen and oxygen atoms in total. The van der Waals surface area contributed by atoms with E-state index in [2.05, 4.69) is 18.2 Å². The van der Waals surface area contributed by atoms with Crippen molar-refractivity contribution in [2.24, 2.45) is 0 Å². The van der Waals surface area contributed by atoms with E-state index in [-0.39, 0.29) is 11.7 Å². The molecule has 1 aromatic heterocycles. The molecule has 0 saturated carbocycles. The van der Waals surface area contributed by atoms with Crippen molar-refractivity contribution < 1.29 is 18.9 Å². The smallest absolute Gasteiger partial charge is 0.254 e. The van der Waals surface area contributed by atoms with Gasteiger partial charge >= 0.3 is 0 Å². The van der Waals surface area contributed by atoms with Crippen molar-refractivity contribution in [3.05, 3.63) is 51.3 Å². The van der Waals surface area contributed by atoms with E-state index in [1.54, 1.807) is 6.07 Å². The van der Waals surface area contributed by atoms with E-state index in [0.29, 0.717) is 44.6 Å². The number of nitrogens with zero attached hydrogens (tertiary/aromatic N) is 1. The highest BCUT2D eigenvalue weighted by Gasteiger charge is 2.24. The first-order valence-electron chi connectivity index (χ1n) is 11.0. The molecular formula is C24H29NO5. The van der Waals surface area contributed by atoms with Crippen molar-refractivity contribution in [1.82, 2.24) is 4.57 Å². The van der Waals surface area contributed by atoms with Crippen molar-refractivity contribution in [2.75, 3.05) is 39.6 Å². The largest absolute Gasteiger partial charge is 0.490 e. The van der Waals surface area contributed by atoms with E-state index in [0.717, 1.165) is 49.3 Å². The Bertz CT molecular complexity index is 970. The molecule has 1 aromatic carbocycles. The van der Waals surface area contributed by atoms with Crippen LogP contribution in [0.5, 0.6) is 5.75 Å². The van der Waals surface area contributed by atoms with Crippen molar-refractivity contribution in [1.29, 1.82) is 0 Å². The minimum atomic E-state index is -0.0914. The lowest BCUT2D eigenvalue weighted by Crippen LogP contribution is -2.34. The van der Waals surface area contributed by atoms with Crippen molar-refractivity contribution in [3.63, 3.8) is 0 Å².